The molecule has 0 fully saturated rings. The molecule has 0 unspecified atom stereocenters. The summed E-state index contributed by atoms with van der Waals surface area (Å²) in [5.74, 6) is -1.19. The molecule has 0 heterocycles. The van der Waals surface area contributed by atoms with Crippen LogP contribution >= 0.6 is 0 Å². The molecule has 0 spiro atoms. The van der Waals surface area contributed by atoms with Crippen LogP contribution in [-0.2, 0) is 38.8 Å². The van der Waals surface area contributed by atoms with Crippen molar-refractivity contribution in [3.05, 3.63) is 131 Å². The zero-order valence-corrected chi connectivity index (χ0v) is 28.2. The number of amides is 2. The number of hydrogen-bond donors (Lipinski definition) is 1. The molecule has 0 bridgehead atoms. The molecule has 4 aromatic rings. The molecule has 0 aromatic heterocycles. The van der Waals surface area contributed by atoms with Gasteiger partial charge in [-0.25, -0.2) is 8.42 Å². The van der Waals surface area contributed by atoms with Crippen molar-refractivity contribution in [1.82, 2.24) is 10.2 Å². The number of carbonyl (C=O) groups excluding carboxylic acids is 2. The normalized spacial score (nSPS) is 13.0. The summed E-state index contributed by atoms with van der Waals surface area (Å²) >= 11 is 0. The van der Waals surface area contributed by atoms with Gasteiger partial charge in [0.15, 0.2) is 0 Å². The van der Waals surface area contributed by atoms with E-state index in [2.05, 4.69) is 5.32 Å². The van der Waals surface area contributed by atoms with Gasteiger partial charge in [-0.15, -0.1) is 0 Å². The highest BCUT2D eigenvalue weighted by Crippen LogP contribution is 2.33. The molecule has 2 amide bonds. The Kier molecular flexibility index (Phi) is 11.7. The first-order valence-electron chi connectivity index (χ1n) is 15.6. The number of rotatable bonds is 13. The van der Waals surface area contributed by atoms with Gasteiger partial charge >= 0.3 is 6.18 Å². The van der Waals surface area contributed by atoms with E-state index in [1.165, 1.54) is 23.1 Å². The molecule has 4 rings (SSSR count). The lowest BCUT2D eigenvalue weighted by molar-refractivity contribution is -0.140. The highest BCUT2D eigenvalue weighted by molar-refractivity contribution is 7.92. The first kappa shape index (κ1) is 36.2. The van der Waals surface area contributed by atoms with Crippen molar-refractivity contribution >= 4 is 27.5 Å². The third-order valence-electron chi connectivity index (χ3n) is 8.06. The summed E-state index contributed by atoms with van der Waals surface area (Å²) in [5.41, 5.74) is 1.75. The van der Waals surface area contributed by atoms with E-state index in [1.54, 1.807) is 25.1 Å². The topological polar surface area (TPSA) is 86.8 Å². The SMILES string of the molecule is CC[C@@H](C)NC(=O)[C@H](Cc1ccccc1)N(Cc1cccc(C)c1)C(=O)CN(c1cccc(C(F)(F)F)c1)S(=O)(=O)c1ccc(C)cc1. The predicted octanol–water partition coefficient (Wildman–Crippen LogP) is 7.07. The van der Waals surface area contributed by atoms with Gasteiger partial charge in [0.1, 0.15) is 12.6 Å². The Morgan fingerprint density at radius 3 is 2.08 bits per heavy atom. The van der Waals surface area contributed by atoms with Gasteiger partial charge in [-0.05, 0) is 68.7 Å². The zero-order chi connectivity index (χ0) is 35.1. The van der Waals surface area contributed by atoms with E-state index in [1.807, 2.05) is 69.3 Å². The van der Waals surface area contributed by atoms with Gasteiger partial charge in [0.2, 0.25) is 11.8 Å². The Labute approximate surface area is 280 Å². The van der Waals surface area contributed by atoms with Crippen LogP contribution in [0.1, 0.15) is 48.1 Å². The molecule has 0 aliphatic heterocycles. The van der Waals surface area contributed by atoms with Gasteiger partial charge in [0.25, 0.3) is 10.0 Å². The molecule has 0 aliphatic carbocycles. The van der Waals surface area contributed by atoms with Crippen molar-refractivity contribution < 1.29 is 31.2 Å². The van der Waals surface area contributed by atoms with Crippen molar-refractivity contribution in [2.24, 2.45) is 0 Å². The molecule has 7 nitrogen and oxygen atoms in total. The van der Waals surface area contributed by atoms with Crippen LogP contribution in [0.3, 0.4) is 0 Å². The van der Waals surface area contributed by atoms with Crippen molar-refractivity contribution in [3.8, 4) is 0 Å². The third kappa shape index (κ3) is 9.25. The highest BCUT2D eigenvalue weighted by Gasteiger charge is 2.36. The summed E-state index contributed by atoms with van der Waals surface area (Å²) in [6.45, 7) is 6.50. The van der Waals surface area contributed by atoms with Crippen LogP contribution in [0.25, 0.3) is 0 Å². The van der Waals surface area contributed by atoms with E-state index < -0.39 is 46.2 Å². The van der Waals surface area contributed by atoms with E-state index in [-0.39, 0.29) is 29.6 Å². The monoisotopic (exact) mass is 679 g/mol. The molecule has 0 saturated carbocycles. The molecule has 11 heteroatoms. The molecule has 4 aromatic carbocycles. The predicted molar refractivity (Wildman–Crippen MR) is 181 cm³/mol. The molecule has 254 valence electrons. The van der Waals surface area contributed by atoms with Gasteiger partial charge in [-0.2, -0.15) is 13.2 Å². The van der Waals surface area contributed by atoms with Crippen LogP contribution in [0.2, 0.25) is 0 Å². The van der Waals surface area contributed by atoms with Gasteiger partial charge in [-0.1, -0.05) is 90.8 Å². The number of benzene rings is 4. The number of nitrogens with one attached hydrogen (secondary N) is 1. The molecule has 2 atom stereocenters. The Morgan fingerprint density at radius 2 is 1.46 bits per heavy atom. The number of halogens is 3. The molecule has 48 heavy (non-hydrogen) atoms. The molecule has 0 aliphatic rings. The van der Waals surface area contributed by atoms with E-state index >= 15 is 0 Å². The molecular formula is C37H40F3N3O4S. The standard InChI is InChI=1S/C37H40F3N3O4S/c1-5-28(4)41-36(45)34(22-29-12-7-6-8-13-29)42(24-30-14-9-11-27(3)21-30)35(44)25-43(32-16-10-15-31(23-32)37(38,39)40)48(46,47)33-19-17-26(2)18-20-33/h6-21,23,28,34H,5,22,24-25H2,1-4H3,(H,41,45)/t28-,34+/m1/s1. The summed E-state index contributed by atoms with van der Waals surface area (Å²) in [5, 5.41) is 2.96. The van der Waals surface area contributed by atoms with E-state index in [0.29, 0.717) is 22.4 Å². The van der Waals surface area contributed by atoms with Crippen molar-refractivity contribution in [3.63, 3.8) is 0 Å². The largest absolute Gasteiger partial charge is 0.416 e. The van der Waals surface area contributed by atoms with Gasteiger partial charge in [0.05, 0.1) is 16.1 Å². The minimum Gasteiger partial charge on any atom is -0.352 e. The lowest BCUT2D eigenvalue weighted by Gasteiger charge is -2.34. The second-order valence-corrected chi connectivity index (χ2v) is 13.8. The second-order valence-electron chi connectivity index (χ2n) is 11.9. The maximum absolute atomic E-state index is 14.5. The van der Waals surface area contributed by atoms with Crippen molar-refractivity contribution in [2.45, 2.75) is 70.2 Å². The minimum atomic E-state index is -4.76. The highest BCUT2D eigenvalue weighted by atomic mass is 32.2. The molecule has 0 saturated heterocycles. The first-order chi connectivity index (χ1) is 22.7. The first-order valence-corrected chi connectivity index (χ1v) is 17.1. The average molecular weight is 680 g/mol. The summed E-state index contributed by atoms with van der Waals surface area (Å²) in [7, 11) is -4.55. The van der Waals surface area contributed by atoms with Crippen LogP contribution in [0.4, 0.5) is 18.9 Å². The Balaban J connectivity index is 1.85. The van der Waals surface area contributed by atoms with Crippen LogP contribution < -0.4 is 9.62 Å². The Hall–Kier alpha value is -4.64. The van der Waals surface area contributed by atoms with Gasteiger partial charge < -0.3 is 10.2 Å². The van der Waals surface area contributed by atoms with Crippen LogP contribution in [0.5, 0.6) is 0 Å². The fraction of sp³-hybridized carbons (Fsp3) is 0.297. The number of carbonyl (C=O) groups is 2. The smallest absolute Gasteiger partial charge is 0.352 e. The number of aryl methyl sites for hydroxylation is 2. The van der Waals surface area contributed by atoms with Gasteiger partial charge in [0, 0.05) is 19.0 Å². The second kappa shape index (κ2) is 15.5. The number of nitrogens with zero attached hydrogens (tertiary/aromatic N) is 2. The lowest BCUT2D eigenvalue weighted by atomic mass is 10.0. The van der Waals surface area contributed by atoms with Gasteiger partial charge in [-0.3, -0.25) is 13.9 Å². The summed E-state index contributed by atoms with van der Waals surface area (Å²) in [6, 6.07) is 24.9. The lowest BCUT2D eigenvalue weighted by Crippen LogP contribution is -2.54. The summed E-state index contributed by atoms with van der Waals surface area (Å²) < 4.78 is 70.4. The van der Waals surface area contributed by atoms with Crippen LogP contribution in [0.15, 0.2) is 108 Å². The van der Waals surface area contributed by atoms with E-state index in [4.69, 9.17) is 0 Å². The fourth-order valence-corrected chi connectivity index (χ4v) is 6.61. The Bertz CT molecular complexity index is 1810. The number of sulfonamides is 1. The minimum absolute atomic E-state index is 0.0487. The molecule has 0 radical (unpaired) electrons. The quantitative estimate of drug-likeness (QED) is 0.164. The van der Waals surface area contributed by atoms with Crippen LogP contribution in [0, 0.1) is 13.8 Å². The number of hydrogen-bond acceptors (Lipinski definition) is 4. The third-order valence-corrected chi connectivity index (χ3v) is 9.84. The maximum atomic E-state index is 14.5. The van der Waals surface area contributed by atoms with Crippen molar-refractivity contribution in [2.75, 3.05) is 10.8 Å². The summed E-state index contributed by atoms with van der Waals surface area (Å²) in [4.78, 5) is 29.6. The van der Waals surface area contributed by atoms with E-state index in [0.717, 1.165) is 28.8 Å². The zero-order valence-electron chi connectivity index (χ0n) is 27.4. The maximum Gasteiger partial charge on any atom is 0.416 e. The number of alkyl halides is 3. The van der Waals surface area contributed by atoms with Crippen molar-refractivity contribution in [1.29, 1.82) is 0 Å². The summed E-state index contributed by atoms with van der Waals surface area (Å²) in [6.07, 6.45) is -4.01. The average Bonchev–Trinajstić information content (AvgIpc) is 3.05. The van der Waals surface area contributed by atoms with Crippen LogP contribution in [-0.4, -0.2) is 43.8 Å². The molecular weight excluding hydrogens is 639 g/mol. The molecule has 1 N–H and O–H groups in total. The Morgan fingerprint density at radius 1 is 0.812 bits per heavy atom. The fourth-order valence-electron chi connectivity index (χ4n) is 5.21. The van der Waals surface area contributed by atoms with E-state index in [9.17, 15) is 31.2 Å². The number of anilines is 1.